The van der Waals surface area contributed by atoms with Gasteiger partial charge in [0.15, 0.2) is 5.11 Å². The Hall–Kier alpha value is -2.77. The minimum absolute atomic E-state index is 0.0840. The maximum absolute atomic E-state index is 12.9. The van der Waals surface area contributed by atoms with Crippen LogP contribution in [0.5, 0.6) is 0 Å². The van der Waals surface area contributed by atoms with Gasteiger partial charge in [-0.3, -0.25) is 9.78 Å². The number of ether oxygens (including phenoxy) is 1. The quantitative estimate of drug-likeness (QED) is 0.576. The number of aromatic nitrogens is 2. The summed E-state index contributed by atoms with van der Waals surface area (Å²) in [7, 11) is 0. The molecule has 31 heavy (non-hydrogen) atoms. The molecule has 0 saturated carbocycles. The van der Waals surface area contributed by atoms with Gasteiger partial charge in [0.25, 0.3) is 5.56 Å². The van der Waals surface area contributed by atoms with Crippen LogP contribution in [0.2, 0.25) is 0 Å². The summed E-state index contributed by atoms with van der Waals surface area (Å²) < 4.78 is 5.70. The first kappa shape index (κ1) is 21.5. The van der Waals surface area contributed by atoms with Crippen molar-refractivity contribution in [2.24, 2.45) is 0 Å². The minimum Gasteiger partial charge on any atom is -0.376 e. The molecule has 2 N–H and O–H groups in total. The zero-order valence-electron chi connectivity index (χ0n) is 18.0. The number of H-pyrrole nitrogens is 1. The van der Waals surface area contributed by atoms with Gasteiger partial charge in [0.05, 0.1) is 18.2 Å². The third-order valence-corrected chi connectivity index (χ3v) is 6.28. The predicted octanol–water partition coefficient (Wildman–Crippen LogP) is 3.60. The van der Waals surface area contributed by atoms with Gasteiger partial charge in [-0.15, -0.1) is 0 Å². The Kier molecular flexibility index (Phi) is 6.63. The Balaban J connectivity index is 1.58. The minimum atomic E-state index is -0.0840. The van der Waals surface area contributed by atoms with Gasteiger partial charge in [0.2, 0.25) is 0 Å². The van der Waals surface area contributed by atoms with E-state index in [0.717, 1.165) is 47.0 Å². The molecule has 4 rings (SSSR count). The summed E-state index contributed by atoms with van der Waals surface area (Å²) in [5, 5.41) is 4.97. The van der Waals surface area contributed by atoms with E-state index in [2.05, 4.69) is 34.3 Å². The lowest BCUT2D eigenvalue weighted by atomic mass is 10.0. The topological polar surface area (TPSA) is 70.2 Å². The highest BCUT2D eigenvalue weighted by Crippen LogP contribution is 2.20. The fourth-order valence-electron chi connectivity index (χ4n) is 3.92. The number of nitrogens with zero attached hydrogens (tertiary/aromatic N) is 2. The normalized spacial score (nSPS) is 15.9. The van der Waals surface area contributed by atoms with Gasteiger partial charge < -0.3 is 19.9 Å². The maximum atomic E-state index is 12.9. The average Bonchev–Trinajstić information content (AvgIpc) is 3.30. The van der Waals surface area contributed by atoms with E-state index in [1.165, 1.54) is 0 Å². The first-order chi connectivity index (χ1) is 15.0. The summed E-state index contributed by atoms with van der Waals surface area (Å²) in [6.07, 6.45) is 5.89. The first-order valence-corrected chi connectivity index (χ1v) is 11.1. The number of fused-ring (bicyclic) bond motifs is 1. The number of aromatic amines is 1. The lowest BCUT2D eigenvalue weighted by Gasteiger charge is -2.27. The zero-order valence-corrected chi connectivity index (χ0v) is 18.8. The molecule has 0 amide bonds. The van der Waals surface area contributed by atoms with Crippen molar-refractivity contribution in [1.82, 2.24) is 20.2 Å². The van der Waals surface area contributed by atoms with Gasteiger partial charge in [0.1, 0.15) is 0 Å². The standard InChI is InChI=1S/C24H28N4O2S/c1-16-7-8-19-11-20(23(29)27-22(19)17(16)2)15-28(14-18-5-3-9-25-12-18)24(31)26-13-21-6-4-10-30-21/h3,5,7-9,11-12,21H,4,6,10,13-15H2,1-2H3,(H,26,31)(H,27,29)/t21-/m1/s1. The molecule has 1 aliphatic rings. The summed E-state index contributed by atoms with van der Waals surface area (Å²) in [6.45, 7) is 6.54. The highest BCUT2D eigenvalue weighted by molar-refractivity contribution is 7.80. The average molecular weight is 437 g/mol. The van der Waals surface area contributed by atoms with Crippen LogP contribution in [0.25, 0.3) is 10.9 Å². The van der Waals surface area contributed by atoms with Crippen molar-refractivity contribution < 1.29 is 4.74 Å². The second-order valence-corrected chi connectivity index (χ2v) is 8.52. The molecule has 6 nitrogen and oxygen atoms in total. The summed E-state index contributed by atoms with van der Waals surface area (Å²) in [6, 6.07) is 10.0. The van der Waals surface area contributed by atoms with Crippen molar-refractivity contribution >= 4 is 28.2 Å². The predicted molar refractivity (Wildman–Crippen MR) is 127 cm³/mol. The lowest BCUT2D eigenvalue weighted by molar-refractivity contribution is 0.113. The van der Waals surface area contributed by atoms with Gasteiger partial charge in [0, 0.05) is 37.7 Å². The van der Waals surface area contributed by atoms with Crippen molar-refractivity contribution in [2.45, 2.75) is 45.9 Å². The van der Waals surface area contributed by atoms with Crippen LogP contribution >= 0.6 is 12.2 Å². The van der Waals surface area contributed by atoms with E-state index in [9.17, 15) is 4.79 Å². The molecule has 0 aliphatic carbocycles. The third-order valence-electron chi connectivity index (χ3n) is 5.88. The Morgan fingerprint density at radius 1 is 1.32 bits per heavy atom. The number of aryl methyl sites for hydroxylation is 2. The fourth-order valence-corrected chi connectivity index (χ4v) is 4.14. The number of nitrogens with one attached hydrogen (secondary N) is 2. The van der Waals surface area contributed by atoms with Crippen LogP contribution in [0.3, 0.4) is 0 Å². The monoisotopic (exact) mass is 436 g/mol. The lowest BCUT2D eigenvalue weighted by Crippen LogP contribution is -2.42. The molecule has 1 atom stereocenters. The summed E-state index contributed by atoms with van der Waals surface area (Å²) in [5.74, 6) is 0. The number of rotatable bonds is 6. The van der Waals surface area contributed by atoms with E-state index in [4.69, 9.17) is 17.0 Å². The Morgan fingerprint density at radius 2 is 2.19 bits per heavy atom. The molecule has 2 aromatic heterocycles. The van der Waals surface area contributed by atoms with Crippen LogP contribution in [0.4, 0.5) is 0 Å². The van der Waals surface area contributed by atoms with Gasteiger partial charge in [-0.05, 0) is 73.1 Å². The number of benzene rings is 1. The molecule has 0 bridgehead atoms. The molecule has 1 aromatic carbocycles. The molecular weight excluding hydrogens is 408 g/mol. The first-order valence-electron chi connectivity index (χ1n) is 10.7. The van der Waals surface area contributed by atoms with Crippen molar-refractivity contribution in [3.63, 3.8) is 0 Å². The number of hydrogen-bond donors (Lipinski definition) is 2. The van der Waals surface area contributed by atoms with Crippen LogP contribution in [0, 0.1) is 13.8 Å². The molecular formula is C24H28N4O2S. The van der Waals surface area contributed by atoms with E-state index >= 15 is 0 Å². The third kappa shape index (κ3) is 5.11. The maximum Gasteiger partial charge on any atom is 0.253 e. The van der Waals surface area contributed by atoms with Gasteiger partial charge in [-0.25, -0.2) is 0 Å². The number of pyridine rings is 2. The Labute approximate surface area is 187 Å². The van der Waals surface area contributed by atoms with E-state index < -0.39 is 0 Å². The van der Waals surface area contributed by atoms with E-state index in [1.54, 1.807) is 6.20 Å². The summed E-state index contributed by atoms with van der Waals surface area (Å²) in [4.78, 5) is 22.2. The molecule has 1 fully saturated rings. The molecule has 1 saturated heterocycles. The molecule has 1 aliphatic heterocycles. The molecule has 7 heteroatoms. The molecule has 162 valence electrons. The highest BCUT2D eigenvalue weighted by Gasteiger charge is 2.19. The molecule has 3 heterocycles. The number of hydrogen-bond acceptors (Lipinski definition) is 4. The van der Waals surface area contributed by atoms with Crippen molar-refractivity contribution in [1.29, 1.82) is 0 Å². The van der Waals surface area contributed by atoms with Crippen LogP contribution in [-0.4, -0.2) is 39.2 Å². The number of thiocarbonyl (C=S) groups is 1. The molecule has 3 aromatic rings. The molecule has 0 unspecified atom stereocenters. The smallest absolute Gasteiger partial charge is 0.253 e. The van der Waals surface area contributed by atoms with Crippen molar-refractivity contribution in [3.8, 4) is 0 Å². The summed E-state index contributed by atoms with van der Waals surface area (Å²) in [5.41, 5.74) is 4.79. The highest BCUT2D eigenvalue weighted by atomic mass is 32.1. The second kappa shape index (κ2) is 9.58. The SMILES string of the molecule is Cc1ccc2cc(CN(Cc3cccnc3)C(=S)NC[C@H]3CCCO3)c(=O)[nH]c2c1C. The van der Waals surface area contributed by atoms with Crippen LogP contribution in [0.1, 0.15) is 35.1 Å². The largest absolute Gasteiger partial charge is 0.376 e. The van der Waals surface area contributed by atoms with Crippen LogP contribution in [-0.2, 0) is 17.8 Å². The van der Waals surface area contributed by atoms with E-state index in [0.29, 0.717) is 30.3 Å². The van der Waals surface area contributed by atoms with Gasteiger partial charge >= 0.3 is 0 Å². The molecule has 0 radical (unpaired) electrons. The van der Waals surface area contributed by atoms with Crippen molar-refractivity contribution in [2.75, 3.05) is 13.2 Å². The van der Waals surface area contributed by atoms with E-state index in [-0.39, 0.29) is 11.7 Å². The Bertz CT molecular complexity index is 1120. The zero-order chi connectivity index (χ0) is 21.8. The molecule has 0 spiro atoms. The summed E-state index contributed by atoms with van der Waals surface area (Å²) >= 11 is 5.71. The Morgan fingerprint density at radius 3 is 2.94 bits per heavy atom. The van der Waals surface area contributed by atoms with Crippen LogP contribution in [0.15, 0.2) is 47.5 Å². The van der Waals surface area contributed by atoms with Gasteiger partial charge in [-0.2, -0.15) is 0 Å². The van der Waals surface area contributed by atoms with Crippen LogP contribution < -0.4 is 10.9 Å². The van der Waals surface area contributed by atoms with E-state index in [1.807, 2.05) is 36.2 Å². The fraction of sp³-hybridized carbons (Fsp3) is 0.375. The van der Waals surface area contributed by atoms with Gasteiger partial charge in [-0.1, -0.05) is 18.2 Å². The second-order valence-electron chi connectivity index (χ2n) is 8.13. The van der Waals surface area contributed by atoms with Crippen molar-refractivity contribution in [3.05, 3.63) is 75.3 Å².